The molecule has 0 radical (unpaired) electrons. The number of piperidine rings is 1. The number of ether oxygens (including phenoxy) is 1. The van der Waals surface area contributed by atoms with Gasteiger partial charge in [-0.05, 0) is 62.3 Å². The highest BCUT2D eigenvalue weighted by Gasteiger charge is 2.66. The van der Waals surface area contributed by atoms with Gasteiger partial charge < -0.3 is 24.6 Å². The molecule has 0 bridgehead atoms. The van der Waals surface area contributed by atoms with Crippen molar-refractivity contribution in [1.82, 2.24) is 34.0 Å². The molecule has 13 nitrogen and oxygen atoms in total. The summed E-state index contributed by atoms with van der Waals surface area (Å²) in [5.74, 6) is 4.88. The monoisotopic (exact) mass is 746 g/mol. The molecule has 1 saturated heterocycles. The first-order valence-corrected chi connectivity index (χ1v) is 17.6. The molecule has 1 aromatic carbocycles. The zero-order valence-corrected chi connectivity index (χ0v) is 28.8. The minimum Gasteiger partial charge on any atom is -0.504 e. The number of alkyl halides is 3. The zero-order valence-electron chi connectivity index (χ0n) is 28.1. The Bertz CT molecular complexity index is 2430. The second-order valence-corrected chi connectivity index (χ2v) is 14.4. The van der Waals surface area contributed by atoms with Crippen LogP contribution in [0.3, 0.4) is 0 Å². The zero-order chi connectivity index (χ0) is 37.0. The standard InChI is InChI=1S/C36H30ClF3N8O5/c1-17-30(50)28(42-16-41-17)33(52)46-11-10-35(22-5-7-25(22)46)21-4-3-20(21)29-27(35)32(51)48-34(44-31(45-48)18-8-12-53-13-9-18)47(29)15-26(49)43-24-6-2-19(14-23(24)37)36(38,39)40/h2,6,8,14,16,20-22,25,50H,5,7,9-13,15H2,1H3,(H,43,49)/t20-,21+,22+,25-,35+/m0/s1. The van der Waals surface area contributed by atoms with Crippen molar-refractivity contribution in [3.8, 4) is 17.6 Å². The molecule has 1 spiro atoms. The van der Waals surface area contributed by atoms with Gasteiger partial charge in [0.25, 0.3) is 11.5 Å². The van der Waals surface area contributed by atoms with E-state index >= 15 is 0 Å². The van der Waals surface area contributed by atoms with Gasteiger partial charge in [0.05, 0.1) is 41.1 Å². The molecular formula is C36H30ClF3N8O5. The number of halogens is 4. The van der Waals surface area contributed by atoms with E-state index in [-0.39, 0.29) is 70.2 Å². The van der Waals surface area contributed by atoms with E-state index in [0.717, 1.165) is 23.8 Å². The minimum atomic E-state index is -4.62. The van der Waals surface area contributed by atoms with Gasteiger partial charge in [-0.2, -0.15) is 22.7 Å². The molecule has 5 heterocycles. The van der Waals surface area contributed by atoms with E-state index in [0.29, 0.717) is 56.0 Å². The SMILES string of the molecule is Cc1ncnc(C(=O)N2CC[C@]3(c4c(n(CC(=O)Nc5ccc(C(F)(F)F)cc5Cl)c5nc(C6=CCOCC6)nn5c4=O)[C@H]4C#C[C@H]43)[C@@H]3CC[C@@H]32)c1O. The molecule has 1 saturated carbocycles. The predicted molar refractivity (Wildman–Crippen MR) is 182 cm³/mol. The summed E-state index contributed by atoms with van der Waals surface area (Å²) in [5, 5.41) is 17.6. The quantitative estimate of drug-likeness (QED) is 0.287. The minimum absolute atomic E-state index is 0.00931. The summed E-state index contributed by atoms with van der Waals surface area (Å²) in [6.45, 7) is 2.30. The summed E-state index contributed by atoms with van der Waals surface area (Å²) >= 11 is 6.18. The second-order valence-electron chi connectivity index (χ2n) is 14.0. The summed E-state index contributed by atoms with van der Waals surface area (Å²) < 4.78 is 48.2. The van der Waals surface area contributed by atoms with Gasteiger partial charge in [0.15, 0.2) is 17.3 Å². The van der Waals surface area contributed by atoms with Crippen LogP contribution in [-0.4, -0.2) is 76.8 Å². The summed E-state index contributed by atoms with van der Waals surface area (Å²) in [6.07, 6.45) is 0.782. The van der Waals surface area contributed by atoms with Crippen LogP contribution in [0.2, 0.25) is 5.02 Å². The van der Waals surface area contributed by atoms with Crippen LogP contribution in [0.25, 0.3) is 11.4 Å². The molecule has 3 aliphatic carbocycles. The maximum absolute atomic E-state index is 14.8. The highest BCUT2D eigenvalue weighted by Crippen LogP contribution is 2.64. The fraction of sp³-hybridized carbons (Fsp3) is 0.417. The van der Waals surface area contributed by atoms with Gasteiger partial charge in [-0.15, -0.1) is 5.10 Å². The Morgan fingerprint density at radius 1 is 1.21 bits per heavy atom. The molecule has 5 atom stereocenters. The van der Waals surface area contributed by atoms with E-state index < -0.39 is 34.9 Å². The highest BCUT2D eigenvalue weighted by molar-refractivity contribution is 6.33. The van der Waals surface area contributed by atoms with Crippen LogP contribution in [-0.2, 0) is 27.7 Å². The van der Waals surface area contributed by atoms with Crippen LogP contribution >= 0.6 is 11.6 Å². The highest BCUT2D eigenvalue weighted by atomic mass is 35.5. The maximum Gasteiger partial charge on any atom is 0.416 e. The Morgan fingerprint density at radius 2 is 2.04 bits per heavy atom. The van der Waals surface area contributed by atoms with E-state index in [9.17, 15) is 32.7 Å². The Kier molecular flexibility index (Phi) is 7.52. The molecule has 3 aromatic heterocycles. The Morgan fingerprint density at radius 3 is 2.72 bits per heavy atom. The number of anilines is 1. The van der Waals surface area contributed by atoms with Crippen molar-refractivity contribution in [2.75, 3.05) is 25.1 Å². The van der Waals surface area contributed by atoms with Crippen molar-refractivity contribution in [2.24, 2.45) is 11.8 Å². The molecule has 4 aromatic rings. The number of aryl methyl sites for hydroxylation is 1. The molecule has 9 rings (SSSR count). The van der Waals surface area contributed by atoms with Gasteiger partial charge in [-0.25, -0.2) is 9.97 Å². The predicted octanol–water partition coefficient (Wildman–Crippen LogP) is 4.10. The number of fused-ring (bicyclic) bond motifs is 8. The number of nitrogens with one attached hydrogen (secondary N) is 1. The number of aromatic hydroxyl groups is 1. The molecule has 5 aliphatic rings. The number of likely N-dealkylation sites (tertiary alicyclic amines) is 1. The third-order valence-electron chi connectivity index (χ3n) is 11.5. The second kappa shape index (κ2) is 11.9. The van der Waals surface area contributed by atoms with E-state index in [2.05, 4.69) is 32.2 Å². The van der Waals surface area contributed by atoms with Gasteiger partial charge in [0, 0.05) is 35.2 Å². The van der Waals surface area contributed by atoms with Crippen molar-refractivity contribution in [3.05, 3.63) is 80.0 Å². The number of hydrogen-bond donors (Lipinski definition) is 2. The maximum atomic E-state index is 14.8. The molecule has 2 fully saturated rings. The van der Waals surface area contributed by atoms with E-state index in [4.69, 9.17) is 21.3 Å². The van der Waals surface area contributed by atoms with Crippen LogP contribution in [0.5, 0.6) is 5.75 Å². The van der Waals surface area contributed by atoms with E-state index in [1.807, 2.05) is 6.08 Å². The first kappa shape index (κ1) is 33.6. The average Bonchev–Trinajstić information content (AvgIpc) is 3.61. The number of nitrogens with zero attached hydrogens (tertiary/aromatic N) is 7. The van der Waals surface area contributed by atoms with Gasteiger partial charge in [-0.1, -0.05) is 29.5 Å². The van der Waals surface area contributed by atoms with Crippen molar-refractivity contribution < 1.29 is 32.6 Å². The number of carbonyl (C=O) groups is 2. The lowest BCUT2D eigenvalue weighted by atomic mass is 9.51. The van der Waals surface area contributed by atoms with Crippen LogP contribution in [0.1, 0.15) is 70.4 Å². The molecule has 53 heavy (non-hydrogen) atoms. The molecule has 0 unspecified atom stereocenters. The smallest absolute Gasteiger partial charge is 0.416 e. The van der Waals surface area contributed by atoms with E-state index in [1.54, 1.807) is 16.4 Å². The molecule has 17 heteroatoms. The van der Waals surface area contributed by atoms with Crippen molar-refractivity contribution >= 4 is 40.5 Å². The van der Waals surface area contributed by atoms with Crippen LogP contribution in [0.15, 0.2) is 35.4 Å². The Hall–Kier alpha value is -5.27. The summed E-state index contributed by atoms with van der Waals surface area (Å²) in [7, 11) is 0. The number of benzene rings is 1. The van der Waals surface area contributed by atoms with Crippen molar-refractivity contribution in [3.63, 3.8) is 0 Å². The van der Waals surface area contributed by atoms with Gasteiger partial charge >= 0.3 is 6.18 Å². The largest absolute Gasteiger partial charge is 0.504 e. The van der Waals surface area contributed by atoms with Crippen LogP contribution < -0.4 is 10.9 Å². The summed E-state index contributed by atoms with van der Waals surface area (Å²) in [5.41, 5.74) is -0.0839. The third-order valence-corrected chi connectivity index (χ3v) is 11.8. The fourth-order valence-electron chi connectivity index (χ4n) is 8.86. The number of aromatic nitrogens is 6. The lowest BCUT2D eigenvalue weighted by Crippen LogP contribution is -2.65. The normalized spacial score (nSPS) is 25.4. The third kappa shape index (κ3) is 4.93. The van der Waals surface area contributed by atoms with Crippen molar-refractivity contribution in [1.29, 1.82) is 0 Å². The van der Waals surface area contributed by atoms with Crippen LogP contribution in [0.4, 0.5) is 18.9 Å². The first-order chi connectivity index (χ1) is 25.4. The van der Waals surface area contributed by atoms with Crippen LogP contribution in [0, 0.1) is 30.6 Å². The number of hydrogen-bond acceptors (Lipinski definition) is 9. The van der Waals surface area contributed by atoms with Gasteiger partial charge in [-0.3, -0.25) is 14.4 Å². The number of rotatable bonds is 5. The van der Waals surface area contributed by atoms with Crippen molar-refractivity contribution in [2.45, 2.75) is 62.7 Å². The summed E-state index contributed by atoms with van der Waals surface area (Å²) in [4.78, 5) is 56.9. The number of carbonyl (C=O) groups excluding carboxylic acids is 2. The van der Waals surface area contributed by atoms with E-state index in [1.165, 1.54) is 10.8 Å². The van der Waals surface area contributed by atoms with Gasteiger partial charge in [0.1, 0.15) is 12.9 Å². The lowest BCUT2D eigenvalue weighted by Gasteiger charge is -2.59. The average molecular weight is 747 g/mol. The molecule has 2 amide bonds. The molecular weight excluding hydrogens is 717 g/mol. The fourth-order valence-corrected chi connectivity index (χ4v) is 9.09. The first-order valence-electron chi connectivity index (χ1n) is 17.2. The Balaban J connectivity index is 1.14. The number of amides is 2. The topological polar surface area (TPSA) is 157 Å². The molecule has 2 aliphatic heterocycles. The summed E-state index contributed by atoms with van der Waals surface area (Å²) in [6, 6.07) is 2.42. The lowest BCUT2D eigenvalue weighted by molar-refractivity contribution is -0.137. The molecule has 272 valence electrons. The van der Waals surface area contributed by atoms with Gasteiger partial charge in [0.2, 0.25) is 11.7 Å². The molecule has 2 N–H and O–H groups in total. The Labute approximate surface area is 303 Å².